The van der Waals surface area contributed by atoms with Crippen LogP contribution in [0.25, 0.3) is 5.69 Å². The normalized spacial score (nSPS) is 11.5. The van der Waals surface area contributed by atoms with Crippen LogP contribution >= 0.6 is 11.8 Å². The lowest BCUT2D eigenvalue weighted by Gasteiger charge is -2.17. The Hall–Kier alpha value is -2.67. The van der Waals surface area contributed by atoms with Crippen LogP contribution in [0.2, 0.25) is 0 Å². The molecular formula is C23H23F3N2OS. The molecule has 3 nitrogen and oxygen atoms in total. The second kappa shape index (κ2) is 9.00. The van der Waals surface area contributed by atoms with E-state index in [1.54, 1.807) is 37.7 Å². The number of aryl methyl sites for hydroxylation is 1. The molecule has 158 valence electrons. The molecule has 0 radical (unpaired) electrons. The first-order valence-electron chi connectivity index (χ1n) is 9.49. The Bertz CT molecular complexity index is 1060. The maximum Gasteiger partial charge on any atom is 0.418 e. The minimum atomic E-state index is -4.48. The fraction of sp³-hybridized carbons (Fsp3) is 0.261. The molecule has 0 bridgehead atoms. The summed E-state index contributed by atoms with van der Waals surface area (Å²) in [7, 11) is 0. The molecule has 1 N–H and O–H groups in total. The predicted molar refractivity (Wildman–Crippen MR) is 115 cm³/mol. The van der Waals surface area contributed by atoms with Gasteiger partial charge in [-0.15, -0.1) is 11.8 Å². The Kier molecular flexibility index (Phi) is 6.61. The number of nitrogens with zero attached hydrogens (tertiary/aromatic N) is 1. The third kappa shape index (κ3) is 4.56. The Balaban J connectivity index is 1.82. The van der Waals surface area contributed by atoms with Gasteiger partial charge in [-0.25, -0.2) is 0 Å². The van der Waals surface area contributed by atoms with Gasteiger partial charge in [0.15, 0.2) is 0 Å². The second-order valence-corrected chi connectivity index (χ2v) is 7.80. The number of amides is 1. The summed E-state index contributed by atoms with van der Waals surface area (Å²) in [4.78, 5) is 13.9. The fourth-order valence-electron chi connectivity index (χ4n) is 3.59. The number of carbonyl (C=O) groups excluding carboxylic acids is 1. The zero-order chi connectivity index (χ0) is 21.9. The van der Waals surface area contributed by atoms with Crippen LogP contribution in [0, 0.1) is 13.8 Å². The van der Waals surface area contributed by atoms with Crippen LogP contribution in [0.3, 0.4) is 0 Å². The van der Waals surface area contributed by atoms with Crippen LogP contribution in [0.1, 0.15) is 32.9 Å². The van der Waals surface area contributed by atoms with Gasteiger partial charge in [0.2, 0.25) is 0 Å². The van der Waals surface area contributed by atoms with E-state index >= 15 is 0 Å². The molecule has 1 heterocycles. The highest BCUT2D eigenvalue weighted by Gasteiger charge is 2.34. The lowest BCUT2D eigenvalue weighted by atomic mass is 10.1. The summed E-state index contributed by atoms with van der Waals surface area (Å²) in [6.45, 7) is 3.81. The number of halogens is 3. The van der Waals surface area contributed by atoms with Crippen LogP contribution in [0.4, 0.5) is 13.2 Å². The number of para-hydroxylation sites is 1. The number of rotatable bonds is 6. The van der Waals surface area contributed by atoms with E-state index in [0.29, 0.717) is 29.9 Å². The number of benzene rings is 2. The van der Waals surface area contributed by atoms with Crippen molar-refractivity contribution in [1.29, 1.82) is 0 Å². The van der Waals surface area contributed by atoms with Crippen LogP contribution in [0.5, 0.6) is 0 Å². The molecule has 0 spiro atoms. The van der Waals surface area contributed by atoms with Gasteiger partial charge in [0, 0.05) is 22.8 Å². The van der Waals surface area contributed by atoms with E-state index in [4.69, 9.17) is 0 Å². The van der Waals surface area contributed by atoms with Gasteiger partial charge in [0.1, 0.15) is 0 Å². The molecule has 0 aliphatic heterocycles. The zero-order valence-corrected chi connectivity index (χ0v) is 17.8. The van der Waals surface area contributed by atoms with Crippen LogP contribution in [-0.2, 0) is 12.6 Å². The van der Waals surface area contributed by atoms with Crippen LogP contribution in [0.15, 0.2) is 59.5 Å². The van der Waals surface area contributed by atoms with Gasteiger partial charge in [0.25, 0.3) is 5.91 Å². The monoisotopic (exact) mass is 432 g/mol. The van der Waals surface area contributed by atoms with E-state index in [1.165, 1.54) is 16.7 Å². The summed E-state index contributed by atoms with van der Waals surface area (Å²) in [5, 5.41) is 2.89. The summed E-state index contributed by atoms with van der Waals surface area (Å²) < 4.78 is 41.9. The number of aromatic nitrogens is 1. The van der Waals surface area contributed by atoms with Gasteiger partial charge in [-0.2, -0.15) is 13.2 Å². The molecule has 1 aromatic heterocycles. The third-order valence-electron chi connectivity index (χ3n) is 5.00. The highest BCUT2D eigenvalue weighted by atomic mass is 32.2. The van der Waals surface area contributed by atoms with Gasteiger partial charge in [-0.05, 0) is 56.4 Å². The summed E-state index contributed by atoms with van der Waals surface area (Å²) >= 11 is 1.65. The average molecular weight is 433 g/mol. The van der Waals surface area contributed by atoms with Crippen molar-refractivity contribution in [2.75, 3.05) is 12.8 Å². The minimum Gasteiger partial charge on any atom is -0.352 e. The number of alkyl halides is 3. The number of hydrogen-bond donors (Lipinski definition) is 1. The summed E-state index contributed by atoms with van der Waals surface area (Å²) in [5.41, 5.74) is 1.87. The molecule has 0 aliphatic carbocycles. The fourth-order valence-corrected chi connectivity index (χ4v) is 4.23. The van der Waals surface area contributed by atoms with Gasteiger partial charge in [-0.1, -0.05) is 30.3 Å². The van der Waals surface area contributed by atoms with Crippen molar-refractivity contribution >= 4 is 17.7 Å². The van der Waals surface area contributed by atoms with E-state index in [9.17, 15) is 18.0 Å². The Morgan fingerprint density at radius 3 is 2.43 bits per heavy atom. The largest absolute Gasteiger partial charge is 0.418 e. The zero-order valence-electron chi connectivity index (χ0n) is 17.0. The molecule has 0 atom stereocenters. The molecule has 0 saturated carbocycles. The molecule has 7 heteroatoms. The van der Waals surface area contributed by atoms with Crippen molar-refractivity contribution in [3.8, 4) is 5.69 Å². The Labute approximate surface area is 178 Å². The highest BCUT2D eigenvalue weighted by molar-refractivity contribution is 7.98. The summed E-state index contributed by atoms with van der Waals surface area (Å²) in [6, 6.07) is 15.0. The topological polar surface area (TPSA) is 34.0 Å². The molecule has 2 aromatic carbocycles. The molecule has 3 rings (SSSR count). The van der Waals surface area contributed by atoms with Gasteiger partial charge in [0.05, 0.1) is 16.8 Å². The molecule has 3 aromatic rings. The van der Waals surface area contributed by atoms with Gasteiger partial charge >= 0.3 is 6.18 Å². The quantitative estimate of drug-likeness (QED) is 0.499. The van der Waals surface area contributed by atoms with Gasteiger partial charge in [-0.3, -0.25) is 4.79 Å². The van der Waals surface area contributed by atoms with E-state index in [0.717, 1.165) is 16.5 Å². The number of nitrogens with one attached hydrogen (secondary N) is 1. The highest BCUT2D eigenvalue weighted by Crippen LogP contribution is 2.35. The van der Waals surface area contributed by atoms with Gasteiger partial charge < -0.3 is 9.88 Å². The van der Waals surface area contributed by atoms with E-state index < -0.39 is 11.7 Å². The summed E-state index contributed by atoms with van der Waals surface area (Å²) in [6.07, 6.45) is -1.80. The maximum atomic E-state index is 13.5. The third-order valence-corrected chi connectivity index (χ3v) is 5.84. The smallest absolute Gasteiger partial charge is 0.352 e. The van der Waals surface area contributed by atoms with Crippen LogP contribution in [-0.4, -0.2) is 23.3 Å². The Morgan fingerprint density at radius 2 is 1.73 bits per heavy atom. The number of thioether (sulfide) groups is 1. The van der Waals surface area contributed by atoms with Crippen molar-refractivity contribution in [2.24, 2.45) is 0 Å². The van der Waals surface area contributed by atoms with E-state index in [2.05, 4.69) is 5.32 Å². The van der Waals surface area contributed by atoms with E-state index in [1.807, 2.05) is 30.5 Å². The lowest BCUT2D eigenvalue weighted by molar-refractivity contribution is -0.137. The molecule has 0 saturated heterocycles. The average Bonchev–Trinajstić information content (AvgIpc) is 3.01. The van der Waals surface area contributed by atoms with Crippen molar-refractivity contribution < 1.29 is 18.0 Å². The first-order valence-corrected chi connectivity index (χ1v) is 10.7. The summed E-state index contributed by atoms with van der Waals surface area (Å²) in [5.74, 6) is -0.291. The maximum absolute atomic E-state index is 13.5. The van der Waals surface area contributed by atoms with Crippen molar-refractivity contribution in [1.82, 2.24) is 9.88 Å². The lowest BCUT2D eigenvalue weighted by Crippen LogP contribution is -2.26. The SMILES string of the molecule is CSc1ccccc1CCNC(=O)c1cc(C)n(-c2ccccc2C(F)(F)F)c1C. The first-order chi connectivity index (χ1) is 14.2. The van der Waals surface area contributed by atoms with E-state index in [-0.39, 0.29) is 11.6 Å². The first kappa shape index (κ1) is 22.0. The molecule has 0 fully saturated rings. The van der Waals surface area contributed by atoms with Crippen molar-refractivity contribution in [3.05, 3.63) is 82.7 Å². The Morgan fingerprint density at radius 1 is 1.07 bits per heavy atom. The number of hydrogen-bond acceptors (Lipinski definition) is 2. The minimum absolute atomic E-state index is 0.0212. The van der Waals surface area contributed by atoms with Crippen molar-refractivity contribution in [2.45, 2.75) is 31.3 Å². The molecule has 30 heavy (non-hydrogen) atoms. The predicted octanol–water partition coefficient (Wildman–Crippen LogP) is 5.81. The van der Waals surface area contributed by atoms with Crippen LogP contribution < -0.4 is 5.32 Å². The second-order valence-electron chi connectivity index (χ2n) is 6.95. The molecular weight excluding hydrogens is 409 g/mol. The molecule has 0 unspecified atom stereocenters. The van der Waals surface area contributed by atoms with Crippen molar-refractivity contribution in [3.63, 3.8) is 0 Å². The standard InChI is InChI=1S/C23H23F3N2OS/c1-15-14-18(22(29)27-13-12-17-8-4-7-11-21(17)30-3)16(2)28(15)20-10-6-5-9-19(20)23(24,25)26/h4-11,14H,12-13H2,1-3H3,(H,27,29). The molecule has 0 aliphatic rings. The number of carbonyl (C=O) groups is 1. The molecule has 1 amide bonds.